The fourth-order valence-electron chi connectivity index (χ4n) is 3.32. The zero-order valence-electron chi connectivity index (χ0n) is 11.9. The normalized spacial score (nSPS) is 28.6. The van der Waals surface area contributed by atoms with Crippen LogP contribution in [0.5, 0.6) is 0 Å². The lowest BCUT2D eigenvalue weighted by atomic mass is 9.93. The van der Waals surface area contributed by atoms with Crippen LogP contribution in [0.4, 0.5) is 4.39 Å². The van der Waals surface area contributed by atoms with E-state index in [4.69, 9.17) is 0 Å². The number of hydrogen-bond acceptors (Lipinski definition) is 1. The van der Waals surface area contributed by atoms with E-state index in [2.05, 4.69) is 42.0 Å². The molecule has 0 bridgehead atoms. The lowest BCUT2D eigenvalue weighted by molar-refractivity contribution is 0.327. The van der Waals surface area contributed by atoms with E-state index in [1.165, 1.54) is 25.3 Å². The van der Waals surface area contributed by atoms with E-state index in [-0.39, 0.29) is 11.9 Å². The Balaban J connectivity index is 2.03. The first-order chi connectivity index (χ1) is 9.02. The van der Waals surface area contributed by atoms with Gasteiger partial charge in [0, 0.05) is 16.6 Å². The van der Waals surface area contributed by atoms with Crippen molar-refractivity contribution in [3.63, 3.8) is 0 Å². The van der Waals surface area contributed by atoms with E-state index < -0.39 is 0 Å². The summed E-state index contributed by atoms with van der Waals surface area (Å²) >= 11 is 3.46. The molecule has 19 heavy (non-hydrogen) atoms. The summed E-state index contributed by atoms with van der Waals surface area (Å²) in [6.07, 6.45) is 3.85. The zero-order chi connectivity index (χ0) is 14.0. The standard InChI is InChI=1S/C16H23BrFN/c1-4-12-5-8-16(10(12)2)19-11(3)14-7-6-13(18)9-15(14)17/h6-7,9-12,16,19H,4-5,8H2,1-3H3. The molecule has 1 N–H and O–H groups in total. The van der Waals surface area contributed by atoms with Gasteiger partial charge < -0.3 is 5.32 Å². The molecule has 0 aliphatic heterocycles. The summed E-state index contributed by atoms with van der Waals surface area (Å²) in [4.78, 5) is 0. The fourth-order valence-corrected chi connectivity index (χ4v) is 4.02. The Morgan fingerprint density at radius 1 is 1.42 bits per heavy atom. The predicted molar refractivity (Wildman–Crippen MR) is 81.6 cm³/mol. The van der Waals surface area contributed by atoms with Crippen molar-refractivity contribution in [2.24, 2.45) is 11.8 Å². The lowest BCUT2D eigenvalue weighted by Crippen LogP contribution is -2.34. The van der Waals surface area contributed by atoms with Crippen molar-refractivity contribution in [1.82, 2.24) is 5.32 Å². The Labute approximate surface area is 124 Å². The molecule has 1 aliphatic rings. The van der Waals surface area contributed by atoms with Crippen LogP contribution in [-0.4, -0.2) is 6.04 Å². The third-order valence-electron chi connectivity index (χ3n) is 4.64. The average molecular weight is 328 g/mol. The summed E-state index contributed by atoms with van der Waals surface area (Å²) < 4.78 is 14.0. The van der Waals surface area contributed by atoms with Crippen molar-refractivity contribution in [2.45, 2.75) is 52.1 Å². The summed E-state index contributed by atoms with van der Waals surface area (Å²) in [5.41, 5.74) is 1.13. The van der Waals surface area contributed by atoms with Crippen LogP contribution < -0.4 is 5.32 Å². The SMILES string of the molecule is CCC1CCC(NC(C)c2ccc(F)cc2Br)C1C. The highest BCUT2D eigenvalue weighted by atomic mass is 79.9. The lowest BCUT2D eigenvalue weighted by Gasteiger charge is -2.25. The second-order valence-corrected chi connectivity index (χ2v) is 6.62. The second kappa shape index (κ2) is 6.36. The highest BCUT2D eigenvalue weighted by Gasteiger charge is 2.32. The third kappa shape index (κ3) is 3.38. The van der Waals surface area contributed by atoms with E-state index in [9.17, 15) is 4.39 Å². The van der Waals surface area contributed by atoms with Gasteiger partial charge >= 0.3 is 0 Å². The zero-order valence-corrected chi connectivity index (χ0v) is 13.5. The van der Waals surface area contributed by atoms with Crippen molar-refractivity contribution in [2.75, 3.05) is 0 Å². The molecule has 0 radical (unpaired) electrons. The van der Waals surface area contributed by atoms with Crippen LogP contribution >= 0.6 is 15.9 Å². The van der Waals surface area contributed by atoms with E-state index in [1.807, 2.05) is 6.07 Å². The first-order valence-electron chi connectivity index (χ1n) is 7.24. The predicted octanol–water partition coefficient (Wildman–Crippen LogP) is 5.06. The molecule has 1 saturated carbocycles. The fraction of sp³-hybridized carbons (Fsp3) is 0.625. The van der Waals surface area contributed by atoms with Crippen LogP contribution in [0.2, 0.25) is 0 Å². The summed E-state index contributed by atoms with van der Waals surface area (Å²) in [7, 11) is 0. The van der Waals surface area contributed by atoms with Gasteiger partial charge in [-0.2, -0.15) is 0 Å². The van der Waals surface area contributed by atoms with E-state index >= 15 is 0 Å². The van der Waals surface area contributed by atoms with Crippen molar-refractivity contribution in [3.8, 4) is 0 Å². The molecule has 106 valence electrons. The number of benzene rings is 1. The maximum absolute atomic E-state index is 13.1. The van der Waals surface area contributed by atoms with Crippen LogP contribution in [0, 0.1) is 17.7 Å². The third-order valence-corrected chi connectivity index (χ3v) is 5.33. The molecule has 4 atom stereocenters. The van der Waals surface area contributed by atoms with Gasteiger partial charge in [-0.25, -0.2) is 4.39 Å². The largest absolute Gasteiger partial charge is 0.307 e. The van der Waals surface area contributed by atoms with Gasteiger partial charge in [-0.1, -0.05) is 42.3 Å². The molecule has 0 amide bonds. The molecule has 0 aromatic heterocycles. The number of halogens is 2. The summed E-state index contributed by atoms with van der Waals surface area (Å²) in [6, 6.07) is 5.77. The molecule has 2 rings (SSSR count). The Morgan fingerprint density at radius 3 is 2.74 bits per heavy atom. The van der Waals surface area contributed by atoms with Crippen LogP contribution in [0.25, 0.3) is 0 Å². The van der Waals surface area contributed by atoms with Gasteiger partial charge in [0.05, 0.1) is 0 Å². The van der Waals surface area contributed by atoms with E-state index in [0.717, 1.165) is 21.9 Å². The molecular formula is C16H23BrFN. The molecule has 0 heterocycles. The van der Waals surface area contributed by atoms with Crippen LogP contribution in [0.1, 0.15) is 51.6 Å². The van der Waals surface area contributed by atoms with Crippen molar-refractivity contribution in [1.29, 1.82) is 0 Å². The van der Waals surface area contributed by atoms with Gasteiger partial charge in [-0.3, -0.25) is 0 Å². The molecule has 3 heteroatoms. The monoisotopic (exact) mass is 327 g/mol. The van der Waals surface area contributed by atoms with Gasteiger partial charge in [0.15, 0.2) is 0 Å². The first kappa shape index (κ1) is 15.0. The Hall–Kier alpha value is -0.410. The van der Waals surface area contributed by atoms with Crippen molar-refractivity contribution >= 4 is 15.9 Å². The first-order valence-corrected chi connectivity index (χ1v) is 8.03. The molecule has 0 saturated heterocycles. The highest BCUT2D eigenvalue weighted by molar-refractivity contribution is 9.10. The average Bonchev–Trinajstić information content (AvgIpc) is 2.70. The van der Waals surface area contributed by atoms with E-state index in [1.54, 1.807) is 6.07 Å². The maximum Gasteiger partial charge on any atom is 0.124 e. The highest BCUT2D eigenvalue weighted by Crippen LogP contribution is 2.35. The van der Waals surface area contributed by atoms with Crippen LogP contribution in [-0.2, 0) is 0 Å². The second-order valence-electron chi connectivity index (χ2n) is 5.77. The minimum atomic E-state index is -0.192. The summed E-state index contributed by atoms with van der Waals surface area (Å²) in [5.74, 6) is 1.39. The smallest absolute Gasteiger partial charge is 0.124 e. The molecular weight excluding hydrogens is 305 g/mol. The number of nitrogens with one attached hydrogen (secondary N) is 1. The molecule has 0 spiro atoms. The van der Waals surface area contributed by atoms with Gasteiger partial charge in [-0.15, -0.1) is 0 Å². The molecule has 1 aliphatic carbocycles. The van der Waals surface area contributed by atoms with E-state index in [0.29, 0.717) is 6.04 Å². The van der Waals surface area contributed by atoms with Crippen LogP contribution in [0.15, 0.2) is 22.7 Å². The molecule has 1 fully saturated rings. The Morgan fingerprint density at radius 2 is 2.16 bits per heavy atom. The van der Waals surface area contributed by atoms with Gasteiger partial charge in [0.1, 0.15) is 5.82 Å². The molecule has 4 unspecified atom stereocenters. The van der Waals surface area contributed by atoms with Crippen LogP contribution in [0.3, 0.4) is 0 Å². The van der Waals surface area contributed by atoms with Gasteiger partial charge in [0.25, 0.3) is 0 Å². The summed E-state index contributed by atoms with van der Waals surface area (Å²) in [6.45, 7) is 6.79. The van der Waals surface area contributed by atoms with Crippen molar-refractivity contribution in [3.05, 3.63) is 34.1 Å². The topological polar surface area (TPSA) is 12.0 Å². The molecule has 1 aromatic rings. The van der Waals surface area contributed by atoms with Gasteiger partial charge in [0.2, 0.25) is 0 Å². The Bertz CT molecular complexity index is 435. The molecule has 1 aromatic carbocycles. The van der Waals surface area contributed by atoms with Crippen molar-refractivity contribution < 1.29 is 4.39 Å². The van der Waals surface area contributed by atoms with Gasteiger partial charge in [-0.05, 0) is 49.3 Å². The maximum atomic E-state index is 13.1. The molecule has 1 nitrogen and oxygen atoms in total. The summed E-state index contributed by atoms with van der Waals surface area (Å²) in [5, 5.41) is 3.72. The minimum absolute atomic E-state index is 0.192. The quantitative estimate of drug-likeness (QED) is 0.814. The Kier molecular flexibility index (Phi) is 5.02. The number of rotatable bonds is 4. The number of hydrogen-bond donors (Lipinski definition) is 1. The minimum Gasteiger partial charge on any atom is -0.307 e.